The molecule has 17 heavy (non-hydrogen) atoms. The SMILES string of the molecule is CC(=O)c1cc2c(C)cc(=O)oc2c(C)c1O. The lowest BCUT2D eigenvalue weighted by molar-refractivity contribution is 0.101. The molecular formula is C13H12O4. The molecule has 4 nitrogen and oxygen atoms in total. The van der Waals surface area contributed by atoms with Crippen LogP contribution in [0, 0.1) is 13.8 Å². The molecule has 0 amide bonds. The lowest BCUT2D eigenvalue weighted by atomic mass is 10.0. The number of hydrogen-bond donors (Lipinski definition) is 1. The van der Waals surface area contributed by atoms with Crippen molar-refractivity contribution in [3.63, 3.8) is 0 Å². The van der Waals surface area contributed by atoms with Crippen molar-refractivity contribution in [3.05, 3.63) is 39.2 Å². The van der Waals surface area contributed by atoms with Crippen LogP contribution in [0.4, 0.5) is 0 Å². The number of carbonyl (C=O) groups is 1. The van der Waals surface area contributed by atoms with Gasteiger partial charge in [0, 0.05) is 17.0 Å². The highest BCUT2D eigenvalue weighted by Gasteiger charge is 2.15. The predicted molar refractivity (Wildman–Crippen MR) is 63.6 cm³/mol. The van der Waals surface area contributed by atoms with E-state index in [1.165, 1.54) is 13.0 Å². The number of ketones is 1. The Hall–Kier alpha value is -2.10. The van der Waals surface area contributed by atoms with Gasteiger partial charge in [-0.05, 0) is 32.4 Å². The Morgan fingerprint density at radius 1 is 1.29 bits per heavy atom. The largest absolute Gasteiger partial charge is 0.507 e. The van der Waals surface area contributed by atoms with Crippen LogP contribution in [-0.4, -0.2) is 10.9 Å². The molecule has 88 valence electrons. The molecule has 0 saturated carbocycles. The maximum atomic E-state index is 11.4. The van der Waals surface area contributed by atoms with Crippen LogP contribution in [0.1, 0.15) is 28.4 Å². The molecule has 4 heteroatoms. The summed E-state index contributed by atoms with van der Waals surface area (Å²) >= 11 is 0. The summed E-state index contributed by atoms with van der Waals surface area (Å²) in [7, 11) is 0. The minimum absolute atomic E-state index is 0.126. The van der Waals surface area contributed by atoms with Crippen LogP contribution in [0.2, 0.25) is 0 Å². The fourth-order valence-electron chi connectivity index (χ4n) is 1.87. The van der Waals surface area contributed by atoms with E-state index in [4.69, 9.17) is 4.42 Å². The first-order valence-electron chi connectivity index (χ1n) is 5.19. The number of fused-ring (bicyclic) bond motifs is 1. The molecule has 0 aliphatic rings. The molecule has 0 spiro atoms. The molecule has 1 heterocycles. The van der Waals surface area contributed by atoms with E-state index in [0.29, 0.717) is 16.5 Å². The van der Waals surface area contributed by atoms with Gasteiger partial charge in [-0.3, -0.25) is 4.79 Å². The quantitative estimate of drug-likeness (QED) is 0.605. The van der Waals surface area contributed by atoms with Gasteiger partial charge in [0.1, 0.15) is 11.3 Å². The number of carbonyl (C=O) groups excluding carboxylic acids is 1. The highest BCUT2D eigenvalue weighted by molar-refractivity contribution is 6.02. The summed E-state index contributed by atoms with van der Waals surface area (Å²) in [6.07, 6.45) is 0. The van der Waals surface area contributed by atoms with Crippen molar-refractivity contribution in [2.75, 3.05) is 0 Å². The molecule has 0 unspecified atom stereocenters. The van der Waals surface area contributed by atoms with Gasteiger partial charge in [0.15, 0.2) is 5.78 Å². The third-order valence-electron chi connectivity index (χ3n) is 2.83. The smallest absolute Gasteiger partial charge is 0.336 e. The highest BCUT2D eigenvalue weighted by atomic mass is 16.4. The maximum Gasteiger partial charge on any atom is 0.336 e. The van der Waals surface area contributed by atoms with Gasteiger partial charge in [0.2, 0.25) is 0 Å². The predicted octanol–water partition coefficient (Wildman–Crippen LogP) is 2.32. The van der Waals surface area contributed by atoms with Crippen molar-refractivity contribution < 1.29 is 14.3 Å². The first-order valence-corrected chi connectivity index (χ1v) is 5.19. The fourth-order valence-corrected chi connectivity index (χ4v) is 1.87. The zero-order valence-corrected chi connectivity index (χ0v) is 9.83. The molecule has 0 fully saturated rings. The second kappa shape index (κ2) is 3.73. The summed E-state index contributed by atoms with van der Waals surface area (Å²) in [4.78, 5) is 22.7. The normalized spacial score (nSPS) is 10.8. The maximum absolute atomic E-state index is 11.4. The summed E-state index contributed by atoms with van der Waals surface area (Å²) < 4.78 is 5.06. The zero-order valence-electron chi connectivity index (χ0n) is 9.83. The molecule has 1 aromatic carbocycles. The average Bonchev–Trinajstić information content (AvgIpc) is 2.23. The van der Waals surface area contributed by atoms with Gasteiger partial charge in [-0.2, -0.15) is 0 Å². The minimum Gasteiger partial charge on any atom is -0.507 e. The van der Waals surface area contributed by atoms with Crippen LogP contribution >= 0.6 is 0 Å². The molecule has 0 radical (unpaired) electrons. The van der Waals surface area contributed by atoms with E-state index in [2.05, 4.69) is 0 Å². The van der Waals surface area contributed by atoms with Crippen LogP contribution in [0.5, 0.6) is 5.75 Å². The highest BCUT2D eigenvalue weighted by Crippen LogP contribution is 2.31. The minimum atomic E-state index is -0.465. The number of aromatic hydroxyl groups is 1. The van der Waals surface area contributed by atoms with Gasteiger partial charge < -0.3 is 9.52 Å². The van der Waals surface area contributed by atoms with Crippen LogP contribution < -0.4 is 5.63 Å². The molecule has 2 aromatic rings. The van der Waals surface area contributed by atoms with Crippen molar-refractivity contribution in [2.24, 2.45) is 0 Å². The zero-order chi connectivity index (χ0) is 12.7. The average molecular weight is 232 g/mol. The van der Waals surface area contributed by atoms with E-state index in [1.54, 1.807) is 19.9 Å². The lowest BCUT2D eigenvalue weighted by Gasteiger charge is -2.09. The molecule has 2 rings (SSSR count). The first kappa shape index (κ1) is 11.4. The topological polar surface area (TPSA) is 67.5 Å². The molecule has 0 aliphatic carbocycles. The number of benzene rings is 1. The van der Waals surface area contributed by atoms with E-state index in [9.17, 15) is 14.7 Å². The van der Waals surface area contributed by atoms with Gasteiger partial charge in [0.05, 0.1) is 5.56 Å². The van der Waals surface area contributed by atoms with E-state index >= 15 is 0 Å². The molecule has 0 bridgehead atoms. The number of Topliss-reactive ketones (excluding diaryl/α,β-unsaturated/α-hetero) is 1. The summed E-state index contributed by atoms with van der Waals surface area (Å²) in [6, 6.07) is 2.92. The Bertz CT molecular complexity index is 680. The number of phenolic OH excluding ortho intramolecular Hbond substituents is 1. The lowest BCUT2D eigenvalue weighted by Crippen LogP contribution is -2.02. The summed E-state index contributed by atoms with van der Waals surface area (Å²) in [5.74, 6) is -0.350. The van der Waals surface area contributed by atoms with Crippen molar-refractivity contribution in [3.8, 4) is 5.75 Å². The van der Waals surface area contributed by atoms with E-state index < -0.39 is 5.63 Å². The second-order valence-corrected chi connectivity index (χ2v) is 4.08. The van der Waals surface area contributed by atoms with Gasteiger partial charge in [-0.15, -0.1) is 0 Å². The Labute approximate surface area is 97.5 Å². The van der Waals surface area contributed by atoms with Crippen LogP contribution in [0.3, 0.4) is 0 Å². The monoisotopic (exact) mass is 232 g/mol. The van der Waals surface area contributed by atoms with Gasteiger partial charge in [0.25, 0.3) is 0 Å². The summed E-state index contributed by atoms with van der Waals surface area (Å²) in [5, 5.41) is 10.5. The number of phenols is 1. The Morgan fingerprint density at radius 2 is 1.94 bits per heavy atom. The van der Waals surface area contributed by atoms with Gasteiger partial charge in [-0.1, -0.05) is 0 Å². The molecule has 1 aromatic heterocycles. The third kappa shape index (κ3) is 1.71. The standard InChI is InChI=1S/C13H12O4/c1-6-4-11(15)17-13-7(2)12(16)10(8(3)14)5-9(6)13/h4-5,16H,1-3H3. The number of hydrogen-bond acceptors (Lipinski definition) is 4. The van der Waals surface area contributed by atoms with E-state index in [0.717, 1.165) is 5.56 Å². The van der Waals surface area contributed by atoms with Crippen molar-refractivity contribution in [1.82, 2.24) is 0 Å². The summed E-state index contributed by atoms with van der Waals surface area (Å²) in [6.45, 7) is 4.76. The van der Waals surface area contributed by atoms with Gasteiger partial charge >= 0.3 is 5.63 Å². The number of rotatable bonds is 1. The van der Waals surface area contributed by atoms with Crippen LogP contribution in [0.15, 0.2) is 21.3 Å². The Morgan fingerprint density at radius 3 is 2.53 bits per heavy atom. The van der Waals surface area contributed by atoms with E-state index in [1.807, 2.05) is 0 Å². The Balaban J connectivity index is 3.01. The molecule has 0 saturated heterocycles. The summed E-state index contributed by atoms with van der Waals surface area (Å²) in [5.41, 5.74) is 1.24. The third-order valence-corrected chi connectivity index (χ3v) is 2.83. The van der Waals surface area contributed by atoms with Gasteiger partial charge in [-0.25, -0.2) is 4.79 Å². The molecule has 1 N–H and O–H groups in total. The second-order valence-electron chi connectivity index (χ2n) is 4.08. The molecular weight excluding hydrogens is 220 g/mol. The Kier molecular flexibility index (Phi) is 2.50. The van der Waals surface area contributed by atoms with Crippen molar-refractivity contribution in [1.29, 1.82) is 0 Å². The molecule has 0 atom stereocenters. The first-order chi connectivity index (χ1) is 7.91. The molecule has 0 aliphatic heterocycles. The van der Waals surface area contributed by atoms with Crippen LogP contribution in [-0.2, 0) is 0 Å². The van der Waals surface area contributed by atoms with Crippen LogP contribution in [0.25, 0.3) is 11.0 Å². The van der Waals surface area contributed by atoms with E-state index in [-0.39, 0.29) is 17.1 Å². The number of aryl methyl sites for hydroxylation is 2. The fraction of sp³-hybridized carbons (Fsp3) is 0.231. The van der Waals surface area contributed by atoms with Crippen molar-refractivity contribution in [2.45, 2.75) is 20.8 Å². The van der Waals surface area contributed by atoms with Crippen molar-refractivity contribution >= 4 is 16.8 Å².